The summed E-state index contributed by atoms with van der Waals surface area (Å²) in [7, 11) is -1.98. The van der Waals surface area contributed by atoms with Crippen molar-refractivity contribution in [3.8, 4) is 40.1 Å². The first-order chi connectivity index (χ1) is 12.3. The molecule has 2 aromatic carbocycles. The van der Waals surface area contributed by atoms with Gasteiger partial charge in [-0.05, 0) is 18.2 Å². The summed E-state index contributed by atoms with van der Waals surface area (Å²) in [6, 6.07) is 5.60. The number of hydrogen-bond donors (Lipinski definition) is 4. The highest BCUT2D eigenvalue weighted by Gasteiger charge is 2.22. The van der Waals surface area contributed by atoms with E-state index in [0.29, 0.717) is 0 Å². The first kappa shape index (κ1) is 17.7. The molecular formula is C16H13O9P. The summed E-state index contributed by atoms with van der Waals surface area (Å²) in [6.45, 7) is 0. The van der Waals surface area contributed by atoms with Gasteiger partial charge in [0, 0.05) is 24.8 Å². The predicted molar refractivity (Wildman–Crippen MR) is 91.2 cm³/mol. The lowest BCUT2D eigenvalue weighted by Gasteiger charge is -2.12. The van der Waals surface area contributed by atoms with Gasteiger partial charge >= 0.3 is 8.25 Å². The van der Waals surface area contributed by atoms with Gasteiger partial charge in [0.15, 0.2) is 17.3 Å². The van der Waals surface area contributed by atoms with Gasteiger partial charge in [-0.3, -0.25) is 4.79 Å². The summed E-state index contributed by atoms with van der Waals surface area (Å²) in [5, 5.41) is 38.4. The van der Waals surface area contributed by atoms with E-state index in [9.17, 15) is 29.8 Å². The van der Waals surface area contributed by atoms with Gasteiger partial charge in [0.25, 0.3) is 0 Å². The van der Waals surface area contributed by atoms with Gasteiger partial charge in [0.1, 0.15) is 22.5 Å². The number of benzene rings is 2. The van der Waals surface area contributed by atoms with E-state index in [1.165, 1.54) is 6.07 Å². The lowest BCUT2D eigenvalue weighted by molar-refractivity contribution is 0.345. The molecule has 0 bridgehead atoms. The number of hydrogen-bond acceptors (Lipinski definition) is 9. The smallest absolute Gasteiger partial charge is 0.367 e. The molecule has 3 aromatic rings. The Morgan fingerprint density at radius 3 is 2.38 bits per heavy atom. The highest BCUT2D eigenvalue weighted by atomic mass is 31.1. The van der Waals surface area contributed by atoms with E-state index >= 15 is 0 Å². The van der Waals surface area contributed by atoms with E-state index in [1.807, 2.05) is 0 Å². The summed E-state index contributed by atoms with van der Waals surface area (Å²) in [5.41, 5.74) is -0.913. The van der Waals surface area contributed by atoms with Crippen molar-refractivity contribution in [2.24, 2.45) is 0 Å². The minimum Gasteiger partial charge on any atom is -0.508 e. The van der Waals surface area contributed by atoms with Crippen LogP contribution in [0.15, 0.2) is 39.5 Å². The summed E-state index contributed by atoms with van der Waals surface area (Å²) < 4.78 is 26.8. The van der Waals surface area contributed by atoms with Gasteiger partial charge < -0.3 is 33.9 Å². The molecule has 3 rings (SSSR count). The molecule has 1 aromatic heterocycles. The molecule has 1 heterocycles. The Hall–Kier alpha value is -3.16. The Morgan fingerprint density at radius 2 is 1.73 bits per heavy atom. The molecule has 26 heavy (non-hydrogen) atoms. The second kappa shape index (κ2) is 6.62. The highest BCUT2D eigenvalue weighted by molar-refractivity contribution is 7.33. The molecule has 0 spiro atoms. The zero-order valence-electron chi connectivity index (χ0n) is 13.2. The number of phenols is 4. The molecule has 4 N–H and O–H groups in total. The van der Waals surface area contributed by atoms with Crippen LogP contribution >= 0.6 is 8.25 Å². The Labute approximate surface area is 146 Å². The molecule has 10 heteroatoms. The molecule has 0 aliphatic carbocycles. The maximum absolute atomic E-state index is 12.7. The first-order valence-corrected chi connectivity index (χ1v) is 8.35. The zero-order chi connectivity index (χ0) is 19.0. The second-order valence-electron chi connectivity index (χ2n) is 5.19. The van der Waals surface area contributed by atoms with E-state index in [1.54, 1.807) is 0 Å². The maximum Gasteiger partial charge on any atom is 0.367 e. The number of rotatable bonds is 4. The molecule has 1 atom stereocenters. The zero-order valence-corrected chi connectivity index (χ0v) is 14.2. The van der Waals surface area contributed by atoms with Crippen molar-refractivity contribution in [3.05, 3.63) is 40.6 Å². The van der Waals surface area contributed by atoms with E-state index < -0.39 is 36.7 Å². The van der Waals surface area contributed by atoms with Crippen molar-refractivity contribution in [1.82, 2.24) is 0 Å². The Morgan fingerprint density at radius 1 is 1.00 bits per heavy atom. The van der Waals surface area contributed by atoms with Crippen molar-refractivity contribution >= 4 is 19.2 Å². The maximum atomic E-state index is 12.7. The fourth-order valence-electron chi connectivity index (χ4n) is 2.34. The van der Waals surface area contributed by atoms with E-state index in [0.717, 1.165) is 31.4 Å². The predicted octanol–water partition coefficient (Wildman–Crippen LogP) is 2.70. The minimum atomic E-state index is -3.09. The largest absolute Gasteiger partial charge is 0.508 e. The van der Waals surface area contributed by atoms with Crippen molar-refractivity contribution < 1.29 is 38.5 Å². The van der Waals surface area contributed by atoms with Crippen LogP contribution in [-0.2, 0) is 9.09 Å². The van der Waals surface area contributed by atoms with Crippen LogP contribution in [0.2, 0.25) is 0 Å². The molecule has 0 aliphatic heterocycles. The topological polar surface area (TPSA) is 147 Å². The molecule has 0 fully saturated rings. The van der Waals surface area contributed by atoms with Crippen LogP contribution in [0.4, 0.5) is 0 Å². The fraction of sp³-hybridized carbons (Fsp3) is 0.0625. The third-order valence-electron chi connectivity index (χ3n) is 3.51. The van der Waals surface area contributed by atoms with Gasteiger partial charge in [0.2, 0.25) is 11.2 Å². The fourth-order valence-corrected chi connectivity index (χ4v) is 2.78. The van der Waals surface area contributed by atoms with Crippen LogP contribution in [0.3, 0.4) is 0 Å². The van der Waals surface area contributed by atoms with E-state index in [-0.39, 0.29) is 28.0 Å². The average Bonchev–Trinajstić information content (AvgIpc) is 2.58. The van der Waals surface area contributed by atoms with Crippen LogP contribution in [-0.4, -0.2) is 27.5 Å². The SMILES string of the molecule is CO[PH](=O)Oc1c(-c2ccc(O)c(O)c2)oc2cc(O)cc(O)c2c1=O. The van der Waals surface area contributed by atoms with Crippen molar-refractivity contribution in [3.63, 3.8) is 0 Å². The molecule has 9 nitrogen and oxygen atoms in total. The summed E-state index contributed by atoms with van der Waals surface area (Å²) >= 11 is 0. The summed E-state index contributed by atoms with van der Waals surface area (Å²) in [4.78, 5) is 12.7. The lowest BCUT2D eigenvalue weighted by Crippen LogP contribution is -2.07. The number of phenolic OH excluding ortho intramolecular Hbond substituents is 4. The standard InChI is InChI=1S/C16H13O9P/c1-23-26(22)25-16-14(21)13-11(20)5-8(17)6-12(13)24-15(16)7-2-3-9(18)10(19)4-7/h2-6,17-20,26H,1H3. The summed E-state index contributed by atoms with van der Waals surface area (Å²) in [5.74, 6) is -2.56. The third kappa shape index (κ3) is 3.05. The Balaban J connectivity index is 2.38. The molecule has 0 aliphatic rings. The monoisotopic (exact) mass is 380 g/mol. The highest BCUT2D eigenvalue weighted by Crippen LogP contribution is 2.40. The van der Waals surface area contributed by atoms with E-state index in [2.05, 4.69) is 4.52 Å². The van der Waals surface area contributed by atoms with Crippen LogP contribution in [0, 0.1) is 0 Å². The molecule has 1 unspecified atom stereocenters. The van der Waals surface area contributed by atoms with Gasteiger partial charge in [-0.2, -0.15) is 0 Å². The molecule has 0 saturated heterocycles. The van der Waals surface area contributed by atoms with E-state index in [4.69, 9.17) is 8.94 Å². The van der Waals surface area contributed by atoms with Crippen LogP contribution in [0.5, 0.6) is 28.7 Å². The molecule has 0 radical (unpaired) electrons. The van der Waals surface area contributed by atoms with Crippen LogP contribution in [0.1, 0.15) is 0 Å². The quantitative estimate of drug-likeness (QED) is 0.396. The van der Waals surface area contributed by atoms with Gasteiger partial charge in [-0.1, -0.05) is 0 Å². The second-order valence-corrected chi connectivity index (χ2v) is 6.30. The van der Waals surface area contributed by atoms with Crippen LogP contribution in [0.25, 0.3) is 22.3 Å². The lowest BCUT2D eigenvalue weighted by atomic mass is 10.1. The van der Waals surface area contributed by atoms with Crippen LogP contribution < -0.4 is 9.95 Å². The van der Waals surface area contributed by atoms with Gasteiger partial charge in [0.05, 0.1) is 0 Å². The molecular weight excluding hydrogens is 367 g/mol. The summed E-state index contributed by atoms with van der Waals surface area (Å²) in [6.07, 6.45) is 0. The Bertz CT molecular complexity index is 1090. The number of fused-ring (bicyclic) bond motifs is 1. The van der Waals surface area contributed by atoms with Crippen molar-refractivity contribution in [2.75, 3.05) is 7.11 Å². The first-order valence-electron chi connectivity index (χ1n) is 7.12. The van der Waals surface area contributed by atoms with Crippen molar-refractivity contribution in [1.29, 1.82) is 0 Å². The molecule has 0 amide bonds. The van der Waals surface area contributed by atoms with Gasteiger partial charge in [-0.15, -0.1) is 0 Å². The normalized spacial score (nSPS) is 12.2. The molecule has 0 saturated carbocycles. The molecule has 136 valence electrons. The Kier molecular flexibility index (Phi) is 4.50. The number of aromatic hydroxyl groups is 4. The third-order valence-corrected chi connectivity index (χ3v) is 4.21. The van der Waals surface area contributed by atoms with Gasteiger partial charge in [-0.25, -0.2) is 4.57 Å². The average molecular weight is 380 g/mol. The van der Waals surface area contributed by atoms with Crippen molar-refractivity contribution in [2.45, 2.75) is 0 Å². The minimum absolute atomic E-state index is 0.114.